The summed E-state index contributed by atoms with van der Waals surface area (Å²) in [6, 6.07) is 10.8. The Hall–Kier alpha value is -2.68. The first-order valence-electron chi connectivity index (χ1n) is 10.1. The highest BCUT2D eigenvalue weighted by molar-refractivity contribution is 7.09. The predicted octanol–water partition coefficient (Wildman–Crippen LogP) is 4.43. The minimum absolute atomic E-state index is 0.123. The van der Waals surface area contributed by atoms with Gasteiger partial charge in [-0.2, -0.15) is 0 Å². The number of urea groups is 1. The number of pyridine rings is 1. The van der Waals surface area contributed by atoms with Crippen molar-refractivity contribution >= 4 is 34.7 Å². The molecule has 1 aliphatic rings. The molecule has 0 unspecified atom stereocenters. The van der Waals surface area contributed by atoms with Crippen LogP contribution >= 0.6 is 22.9 Å². The van der Waals surface area contributed by atoms with Gasteiger partial charge in [-0.05, 0) is 37.3 Å². The molecule has 1 aliphatic heterocycles. The van der Waals surface area contributed by atoms with Gasteiger partial charge in [0.05, 0.1) is 21.4 Å². The summed E-state index contributed by atoms with van der Waals surface area (Å²) in [7, 11) is 0. The fourth-order valence-corrected chi connectivity index (χ4v) is 4.19. The molecule has 0 atom stereocenters. The first kappa shape index (κ1) is 21.5. The van der Waals surface area contributed by atoms with Gasteiger partial charge in [0.1, 0.15) is 12.4 Å². The summed E-state index contributed by atoms with van der Waals surface area (Å²) in [5.74, 6) is 0.552. The molecule has 0 radical (unpaired) electrons. The summed E-state index contributed by atoms with van der Waals surface area (Å²) >= 11 is 8.01. The third-order valence-corrected chi connectivity index (χ3v) is 6.11. The normalized spacial score (nSPS) is 14.5. The number of hydrogen-bond acceptors (Lipinski definition) is 6. The van der Waals surface area contributed by atoms with E-state index in [2.05, 4.69) is 25.6 Å². The largest absolute Gasteiger partial charge is 0.486 e. The third-order valence-electron chi connectivity index (χ3n) is 5.00. The smallest absolute Gasteiger partial charge is 0.321 e. The molecule has 1 saturated heterocycles. The van der Waals surface area contributed by atoms with Crippen LogP contribution in [0.4, 0.5) is 10.5 Å². The average Bonchev–Trinajstić information content (AvgIpc) is 3.19. The molecule has 0 aliphatic carbocycles. The second kappa shape index (κ2) is 10.1. The Labute approximate surface area is 190 Å². The van der Waals surface area contributed by atoms with Crippen molar-refractivity contribution in [3.8, 4) is 5.75 Å². The fraction of sp³-hybridized carbons (Fsp3) is 0.318. The molecule has 1 N–H and O–H groups in total. The number of rotatable bonds is 6. The van der Waals surface area contributed by atoms with Gasteiger partial charge in [0.15, 0.2) is 0 Å². The molecule has 3 aromatic rings. The number of nitrogens with one attached hydrogen (secondary N) is 1. The summed E-state index contributed by atoms with van der Waals surface area (Å²) < 4.78 is 5.73. The molecule has 4 rings (SSSR count). The summed E-state index contributed by atoms with van der Waals surface area (Å²) in [5, 5.41) is 6.55. The molecule has 2 amide bonds. The highest BCUT2D eigenvalue weighted by Crippen LogP contribution is 2.28. The van der Waals surface area contributed by atoms with Crippen LogP contribution in [-0.4, -0.2) is 52.0 Å². The first-order valence-corrected chi connectivity index (χ1v) is 11.3. The van der Waals surface area contributed by atoms with Crippen molar-refractivity contribution in [1.29, 1.82) is 0 Å². The molecule has 3 heterocycles. The van der Waals surface area contributed by atoms with Crippen molar-refractivity contribution in [3.63, 3.8) is 0 Å². The van der Waals surface area contributed by atoms with Gasteiger partial charge in [-0.25, -0.2) is 9.78 Å². The SMILES string of the molecule is Cc1nc(CN2CCN(C(=O)Nc3ccc(OCc4ccccn4)c(Cl)c3)CC2)cs1. The van der Waals surface area contributed by atoms with Crippen LogP contribution < -0.4 is 10.1 Å². The van der Waals surface area contributed by atoms with E-state index in [4.69, 9.17) is 16.3 Å². The lowest BCUT2D eigenvalue weighted by atomic mass is 10.3. The van der Waals surface area contributed by atoms with Gasteiger partial charge < -0.3 is 15.0 Å². The van der Waals surface area contributed by atoms with E-state index in [-0.39, 0.29) is 6.03 Å². The lowest BCUT2D eigenvalue weighted by molar-refractivity contribution is 0.142. The van der Waals surface area contributed by atoms with Crippen LogP contribution in [-0.2, 0) is 13.2 Å². The van der Waals surface area contributed by atoms with E-state index in [1.165, 1.54) is 0 Å². The summed E-state index contributed by atoms with van der Waals surface area (Å²) in [4.78, 5) is 25.5. The predicted molar refractivity (Wildman–Crippen MR) is 123 cm³/mol. The molecular weight excluding hydrogens is 434 g/mol. The van der Waals surface area contributed by atoms with E-state index < -0.39 is 0 Å². The van der Waals surface area contributed by atoms with Gasteiger partial charge in [0, 0.05) is 50.0 Å². The number of amides is 2. The topological polar surface area (TPSA) is 70.6 Å². The molecule has 9 heteroatoms. The Morgan fingerprint density at radius 1 is 1.19 bits per heavy atom. The molecule has 2 aromatic heterocycles. The number of aryl methyl sites for hydroxylation is 1. The van der Waals surface area contributed by atoms with E-state index >= 15 is 0 Å². The van der Waals surface area contributed by atoms with Gasteiger partial charge in [-0.3, -0.25) is 9.88 Å². The van der Waals surface area contributed by atoms with Gasteiger partial charge in [-0.1, -0.05) is 17.7 Å². The number of anilines is 1. The Morgan fingerprint density at radius 2 is 2.03 bits per heavy atom. The number of halogens is 1. The Morgan fingerprint density at radius 3 is 2.71 bits per heavy atom. The number of carbonyl (C=O) groups excluding carboxylic acids is 1. The van der Waals surface area contributed by atoms with E-state index in [9.17, 15) is 4.79 Å². The van der Waals surface area contributed by atoms with E-state index in [0.717, 1.165) is 36.0 Å². The number of aromatic nitrogens is 2. The van der Waals surface area contributed by atoms with Crippen molar-refractivity contribution < 1.29 is 9.53 Å². The average molecular weight is 458 g/mol. The van der Waals surface area contributed by atoms with Crippen LogP contribution in [0, 0.1) is 6.92 Å². The van der Waals surface area contributed by atoms with E-state index in [0.29, 0.717) is 36.2 Å². The summed E-state index contributed by atoms with van der Waals surface area (Å²) in [5.41, 5.74) is 2.56. The van der Waals surface area contributed by atoms with Crippen molar-refractivity contribution in [2.75, 3.05) is 31.5 Å². The lowest BCUT2D eigenvalue weighted by Crippen LogP contribution is -2.49. The number of carbonyl (C=O) groups is 1. The zero-order valence-electron chi connectivity index (χ0n) is 17.3. The van der Waals surface area contributed by atoms with Gasteiger partial charge in [-0.15, -0.1) is 11.3 Å². The van der Waals surface area contributed by atoms with E-state index in [1.807, 2.05) is 30.0 Å². The second-order valence-corrected chi connectivity index (χ2v) is 8.78. The molecular formula is C22H24ClN5O2S. The number of piperazine rings is 1. The number of hydrogen-bond donors (Lipinski definition) is 1. The maximum atomic E-state index is 12.6. The van der Waals surface area contributed by atoms with Gasteiger partial charge in [0.25, 0.3) is 0 Å². The van der Waals surface area contributed by atoms with Crippen LogP contribution in [0.1, 0.15) is 16.4 Å². The number of benzene rings is 1. The summed E-state index contributed by atoms with van der Waals surface area (Å²) in [6.07, 6.45) is 1.72. The number of nitrogens with zero attached hydrogens (tertiary/aromatic N) is 4. The van der Waals surface area contributed by atoms with Crippen LogP contribution in [0.15, 0.2) is 48.0 Å². The molecule has 0 bridgehead atoms. The molecule has 1 aromatic carbocycles. The maximum absolute atomic E-state index is 12.6. The van der Waals surface area contributed by atoms with Gasteiger partial charge >= 0.3 is 6.03 Å². The highest BCUT2D eigenvalue weighted by Gasteiger charge is 2.22. The van der Waals surface area contributed by atoms with Crippen molar-refractivity contribution in [3.05, 3.63) is 69.4 Å². The number of ether oxygens (including phenoxy) is 1. The Bertz CT molecular complexity index is 1020. The zero-order chi connectivity index (χ0) is 21.6. The van der Waals surface area contributed by atoms with Crippen LogP contribution in [0.3, 0.4) is 0 Å². The monoisotopic (exact) mass is 457 g/mol. The van der Waals surface area contributed by atoms with Gasteiger partial charge in [0.2, 0.25) is 0 Å². The molecule has 1 fully saturated rings. The molecule has 0 spiro atoms. The quantitative estimate of drug-likeness (QED) is 0.593. The summed E-state index contributed by atoms with van der Waals surface area (Å²) in [6.45, 7) is 6.17. The number of thiazole rings is 1. The minimum Gasteiger partial charge on any atom is -0.486 e. The second-order valence-electron chi connectivity index (χ2n) is 7.31. The molecule has 7 nitrogen and oxygen atoms in total. The van der Waals surface area contributed by atoms with Crippen molar-refractivity contribution in [2.45, 2.75) is 20.1 Å². The highest BCUT2D eigenvalue weighted by atomic mass is 35.5. The fourth-order valence-electron chi connectivity index (χ4n) is 3.35. The van der Waals surface area contributed by atoms with Crippen LogP contribution in [0.2, 0.25) is 5.02 Å². The Kier molecular flexibility index (Phi) is 7.01. The van der Waals surface area contributed by atoms with Crippen LogP contribution in [0.25, 0.3) is 0 Å². The standard InChI is InChI=1S/C22H24ClN5O2S/c1-16-25-19(15-31-16)13-27-8-10-28(11-9-27)22(29)26-17-5-6-21(20(23)12-17)30-14-18-4-2-3-7-24-18/h2-7,12,15H,8-11,13-14H2,1H3,(H,26,29). The van der Waals surface area contributed by atoms with E-state index in [1.54, 1.807) is 35.7 Å². The lowest BCUT2D eigenvalue weighted by Gasteiger charge is -2.34. The minimum atomic E-state index is -0.123. The first-order chi connectivity index (χ1) is 15.1. The molecule has 162 valence electrons. The Balaban J connectivity index is 1.26. The maximum Gasteiger partial charge on any atom is 0.321 e. The van der Waals surface area contributed by atoms with Crippen molar-refractivity contribution in [2.24, 2.45) is 0 Å². The molecule has 31 heavy (non-hydrogen) atoms. The van der Waals surface area contributed by atoms with Crippen molar-refractivity contribution in [1.82, 2.24) is 19.8 Å². The zero-order valence-corrected chi connectivity index (χ0v) is 18.8. The molecule has 0 saturated carbocycles. The third kappa shape index (κ3) is 5.94. The van der Waals surface area contributed by atoms with Crippen LogP contribution in [0.5, 0.6) is 5.75 Å².